The Labute approximate surface area is 218 Å². The molecule has 2 heterocycles. The summed E-state index contributed by atoms with van der Waals surface area (Å²) >= 11 is 13.8. The van der Waals surface area contributed by atoms with Gasteiger partial charge < -0.3 is 19.7 Å². The number of allylic oxidation sites excluding steroid dienone is 1. The van der Waals surface area contributed by atoms with Crippen molar-refractivity contribution >= 4 is 52.7 Å². The number of amides is 2. The van der Waals surface area contributed by atoms with Gasteiger partial charge in [-0.2, -0.15) is 5.26 Å². The Balaban J connectivity index is 1.98. The molecule has 0 unspecified atom stereocenters. The molecular weight excluding hydrogens is 513 g/mol. The zero-order chi connectivity index (χ0) is 25.5. The van der Waals surface area contributed by atoms with E-state index < -0.39 is 23.7 Å². The molecule has 1 aromatic carbocycles. The zero-order valence-electron chi connectivity index (χ0n) is 19.6. The average molecular weight is 540 g/mol. The molecule has 2 aliphatic heterocycles. The lowest BCUT2D eigenvalue weighted by Gasteiger charge is -2.31. The number of ether oxygens (including phenoxy) is 2. The number of carbonyl (C=O) groups is 3. The Bertz CT molecular complexity index is 1040. The molecule has 1 fully saturated rings. The summed E-state index contributed by atoms with van der Waals surface area (Å²) in [6.07, 6.45) is 4.11. The number of carbonyl (C=O) groups excluding carboxylic acids is 3. The van der Waals surface area contributed by atoms with Crippen molar-refractivity contribution in [3.05, 3.63) is 38.3 Å². The van der Waals surface area contributed by atoms with E-state index >= 15 is 0 Å². The van der Waals surface area contributed by atoms with Crippen LogP contribution in [0.4, 0.5) is 0 Å². The SMILES string of the molecule is CCOc1c(Cl)cc([C@@H]2C(C#N)=C(SCC(=O)N3CCCCCC3)NC(=O)[C@H]2C(=O)OC)cc1Cl. The summed E-state index contributed by atoms with van der Waals surface area (Å²) in [7, 11) is 1.17. The van der Waals surface area contributed by atoms with Gasteiger partial charge in [-0.25, -0.2) is 0 Å². The molecule has 2 atom stereocenters. The first kappa shape index (κ1) is 27.2. The fraction of sp³-hybridized carbons (Fsp3) is 0.500. The second-order valence-electron chi connectivity index (χ2n) is 8.15. The van der Waals surface area contributed by atoms with Crippen LogP contribution in [0.1, 0.15) is 44.1 Å². The minimum absolute atomic E-state index is 0.0567. The second kappa shape index (κ2) is 12.5. The molecule has 0 bridgehead atoms. The molecule has 11 heteroatoms. The molecule has 0 saturated carbocycles. The van der Waals surface area contributed by atoms with E-state index in [0.717, 1.165) is 37.4 Å². The minimum atomic E-state index is -1.33. The van der Waals surface area contributed by atoms with E-state index in [1.54, 1.807) is 6.92 Å². The second-order valence-corrected chi connectivity index (χ2v) is 9.95. The summed E-state index contributed by atoms with van der Waals surface area (Å²) in [5.74, 6) is -3.49. The van der Waals surface area contributed by atoms with Gasteiger partial charge in [0.05, 0.1) is 46.2 Å². The summed E-state index contributed by atoms with van der Waals surface area (Å²) in [6, 6.07) is 5.17. The maximum Gasteiger partial charge on any atom is 0.319 e. The summed E-state index contributed by atoms with van der Waals surface area (Å²) in [5, 5.41) is 13.3. The van der Waals surface area contributed by atoms with Crippen LogP contribution < -0.4 is 10.1 Å². The number of methoxy groups -OCH3 is 1. The fourth-order valence-corrected chi connectivity index (χ4v) is 5.83. The molecule has 0 spiro atoms. The highest BCUT2D eigenvalue weighted by Crippen LogP contribution is 2.44. The lowest BCUT2D eigenvalue weighted by atomic mass is 9.78. The largest absolute Gasteiger partial charge is 0.491 e. The van der Waals surface area contributed by atoms with Crippen molar-refractivity contribution in [1.82, 2.24) is 10.2 Å². The number of benzene rings is 1. The Kier molecular flexibility index (Phi) is 9.72. The predicted octanol–water partition coefficient (Wildman–Crippen LogP) is 4.27. The van der Waals surface area contributed by atoms with E-state index in [1.165, 1.54) is 19.2 Å². The zero-order valence-corrected chi connectivity index (χ0v) is 21.9. The van der Waals surface area contributed by atoms with Crippen molar-refractivity contribution in [3.8, 4) is 11.8 Å². The topological polar surface area (TPSA) is 109 Å². The van der Waals surface area contributed by atoms with Gasteiger partial charge in [0.1, 0.15) is 5.92 Å². The molecule has 0 radical (unpaired) electrons. The van der Waals surface area contributed by atoms with Gasteiger partial charge in [-0.1, -0.05) is 47.8 Å². The molecular formula is C24H27Cl2N3O5S. The molecule has 0 aliphatic carbocycles. The highest BCUT2D eigenvalue weighted by atomic mass is 35.5. The number of esters is 1. The number of thioether (sulfide) groups is 1. The standard InChI is InChI=1S/C24H27Cl2N3O5S/c1-3-34-21-16(25)10-14(11-17(21)26)19-15(12-27)23(28-22(31)20(19)24(32)33-2)35-13-18(30)29-8-6-4-5-7-9-29/h10-11,19-20H,3-9,13H2,1-2H3,(H,28,31)/t19-,20+/m1/s1. The molecule has 1 N–H and O–H groups in total. The maximum atomic E-state index is 13.0. The first-order valence-electron chi connectivity index (χ1n) is 11.4. The van der Waals surface area contributed by atoms with Gasteiger partial charge in [0.15, 0.2) is 5.75 Å². The molecule has 1 aromatic rings. The van der Waals surface area contributed by atoms with Crippen LogP contribution in [0.25, 0.3) is 0 Å². The molecule has 0 aromatic heterocycles. The normalized spacial score (nSPS) is 20.5. The number of nitrogens with one attached hydrogen (secondary N) is 1. The quantitative estimate of drug-likeness (QED) is 0.407. The van der Waals surface area contributed by atoms with E-state index in [-0.39, 0.29) is 38.1 Å². The summed E-state index contributed by atoms with van der Waals surface area (Å²) < 4.78 is 10.3. The summed E-state index contributed by atoms with van der Waals surface area (Å²) in [4.78, 5) is 40.2. The number of nitrogens with zero attached hydrogens (tertiary/aromatic N) is 2. The lowest BCUT2D eigenvalue weighted by Crippen LogP contribution is -2.44. The van der Waals surface area contributed by atoms with Crippen molar-refractivity contribution in [2.24, 2.45) is 5.92 Å². The van der Waals surface area contributed by atoms with Gasteiger partial charge in [-0.05, 0) is 37.5 Å². The summed E-state index contributed by atoms with van der Waals surface area (Å²) in [5.41, 5.74) is 0.521. The van der Waals surface area contributed by atoms with E-state index in [0.29, 0.717) is 25.3 Å². The van der Waals surface area contributed by atoms with Gasteiger partial charge in [0, 0.05) is 19.0 Å². The molecule has 8 nitrogen and oxygen atoms in total. The number of hydrogen-bond donors (Lipinski definition) is 1. The Morgan fingerprint density at radius 1 is 1.20 bits per heavy atom. The van der Waals surface area contributed by atoms with Crippen LogP contribution in [-0.4, -0.2) is 55.2 Å². The summed E-state index contributed by atoms with van der Waals surface area (Å²) in [6.45, 7) is 3.52. The first-order chi connectivity index (χ1) is 16.8. The monoisotopic (exact) mass is 539 g/mol. The fourth-order valence-electron chi connectivity index (χ4n) is 4.27. The molecule has 35 heavy (non-hydrogen) atoms. The van der Waals surface area contributed by atoms with E-state index in [4.69, 9.17) is 32.7 Å². The van der Waals surface area contributed by atoms with Crippen LogP contribution >= 0.6 is 35.0 Å². The van der Waals surface area contributed by atoms with Gasteiger partial charge in [0.2, 0.25) is 11.8 Å². The molecule has 1 saturated heterocycles. The minimum Gasteiger partial charge on any atom is -0.491 e. The highest BCUT2D eigenvalue weighted by Gasteiger charge is 2.45. The molecule has 188 valence electrons. The van der Waals surface area contributed by atoms with Gasteiger partial charge in [0.25, 0.3) is 0 Å². The Hall–Kier alpha value is -2.41. The van der Waals surface area contributed by atoms with Crippen molar-refractivity contribution < 1.29 is 23.9 Å². The Morgan fingerprint density at radius 2 is 1.83 bits per heavy atom. The number of likely N-dealkylation sites (tertiary alicyclic amines) is 1. The maximum absolute atomic E-state index is 13.0. The number of halogens is 2. The van der Waals surface area contributed by atoms with Gasteiger partial charge in [-0.15, -0.1) is 0 Å². The van der Waals surface area contributed by atoms with Crippen LogP contribution in [0.3, 0.4) is 0 Å². The van der Waals surface area contributed by atoms with Gasteiger partial charge >= 0.3 is 5.97 Å². The predicted molar refractivity (Wildman–Crippen MR) is 134 cm³/mol. The van der Waals surface area contributed by atoms with E-state index in [9.17, 15) is 19.6 Å². The highest BCUT2D eigenvalue weighted by molar-refractivity contribution is 8.03. The molecule has 2 amide bonds. The van der Waals surface area contributed by atoms with Crippen LogP contribution in [0, 0.1) is 17.2 Å². The van der Waals surface area contributed by atoms with Crippen LogP contribution in [0.15, 0.2) is 22.7 Å². The number of hydrogen-bond acceptors (Lipinski definition) is 7. The molecule has 2 aliphatic rings. The van der Waals surface area contributed by atoms with Crippen molar-refractivity contribution in [2.45, 2.75) is 38.5 Å². The first-order valence-corrected chi connectivity index (χ1v) is 13.1. The van der Waals surface area contributed by atoms with E-state index in [1.807, 2.05) is 4.90 Å². The van der Waals surface area contributed by atoms with Crippen molar-refractivity contribution in [2.75, 3.05) is 32.6 Å². The lowest BCUT2D eigenvalue weighted by molar-refractivity contribution is -0.150. The molecule has 3 rings (SSSR count). The third-order valence-electron chi connectivity index (χ3n) is 5.95. The smallest absolute Gasteiger partial charge is 0.319 e. The van der Waals surface area contributed by atoms with Crippen molar-refractivity contribution in [3.63, 3.8) is 0 Å². The van der Waals surface area contributed by atoms with Crippen LogP contribution in [0.5, 0.6) is 5.75 Å². The van der Waals surface area contributed by atoms with Gasteiger partial charge in [-0.3, -0.25) is 14.4 Å². The Morgan fingerprint density at radius 3 is 2.37 bits per heavy atom. The third-order valence-corrected chi connectivity index (χ3v) is 7.51. The third kappa shape index (κ3) is 6.24. The van der Waals surface area contributed by atoms with E-state index in [2.05, 4.69) is 11.4 Å². The van der Waals surface area contributed by atoms with Crippen molar-refractivity contribution in [1.29, 1.82) is 5.26 Å². The van der Waals surface area contributed by atoms with Crippen LogP contribution in [-0.2, 0) is 19.1 Å². The number of nitriles is 1. The van der Waals surface area contributed by atoms with Crippen LogP contribution in [0.2, 0.25) is 10.0 Å². The number of rotatable bonds is 7. The average Bonchev–Trinajstić information content (AvgIpc) is 3.13.